The number of aryl methyl sites for hydroxylation is 1. The molecule has 130 valence electrons. The van der Waals surface area contributed by atoms with Crippen LogP contribution in [0, 0.1) is 0 Å². The van der Waals surface area contributed by atoms with Crippen molar-refractivity contribution in [3.8, 4) is 5.75 Å². The second kappa shape index (κ2) is 8.00. The summed E-state index contributed by atoms with van der Waals surface area (Å²) in [6.07, 6.45) is 3.22. The molecular weight excluding hydrogens is 324 g/mol. The Bertz CT molecular complexity index is 646. The van der Waals surface area contributed by atoms with E-state index < -0.39 is 0 Å². The monoisotopic (exact) mass is 348 g/mol. The number of H-pyrrole nitrogens is 1. The Hall–Kier alpha value is -1.57. The van der Waals surface area contributed by atoms with Crippen molar-refractivity contribution in [1.29, 1.82) is 0 Å². The SMILES string of the molecule is CCc1nc([C@@H]2C[C@@H](O)CN2CCOc2ccc(SC)cc2)n[nH]1. The molecule has 0 radical (unpaired) electrons. The molecule has 6 nitrogen and oxygen atoms in total. The molecule has 24 heavy (non-hydrogen) atoms. The molecule has 2 aromatic rings. The molecule has 1 aliphatic rings. The van der Waals surface area contributed by atoms with E-state index >= 15 is 0 Å². The van der Waals surface area contributed by atoms with E-state index in [-0.39, 0.29) is 12.1 Å². The normalized spacial score (nSPS) is 21.3. The molecule has 2 N–H and O–H groups in total. The lowest BCUT2D eigenvalue weighted by Crippen LogP contribution is -2.30. The van der Waals surface area contributed by atoms with Gasteiger partial charge in [-0.3, -0.25) is 10.00 Å². The Balaban J connectivity index is 1.56. The predicted octanol–water partition coefficient (Wildman–Crippen LogP) is 2.28. The number of aliphatic hydroxyl groups is 1. The van der Waals surface area contributed by atoms with E-state index in [4.69, 9.17) is 4.74 Å². The van der Waals surface area contributed by atoms with Crippen molar-refractivity contribution >= 4 is 11.8 Å². The molecule has 0 amide bonds. The molecule has 1 aromatic carbocycles. The maximum absolute atomic E-state index is 10.0. The van der Waals surface area contributed by atoms with E-state index in [1.807, 2.05) is 19.1 Å². The molecule has 2 heterocycles. The molecular formula is C17H24N4O2S. The zero-order valence-corrected chi connectivity index (χ0v) is 14.9. The Morgan fingerprint density at radius 2 is 2.17 bits per heavy atom. The van der Waals surface area contributed by atoms with Gasteiger partial charge in [0.1, 0.15) is 18.2 Å². The maximum atomic E-state index is 10.0. The van der Waals surface area contributed by atoms with Gasteiger partial charge in [-0.05, 0) is 36.9 Å². The Morgan fingerprint density at radius 1 is 1.38 bits per heavy atom. The number of ether oxygens (including phenoxy) is 1. The number of nitrogens with one attached hydrogen (secondary N) is 1. The summed E-state index contributed by atoms with van der Waals surface area (Å²) in [5.74, 6) is 2.53. The first-order chi connectivity index (χ1) is 11.7. The number of aromatic nitrogens is 3. The van der Waals surface area contributed by atoms with Gasteiger partial charge in [0.2, 0.25) is 0 Å². The Labute approximate surface area is 146 Å². The topological polar surface area (TPSA) is 74.3 Å². The molecule has 0 unspecified atom stereocenters. The van der Waals surface area contributed by atoms with Crippen LogP contribution < -0.4 is 4.74 Å². The molecule has 1 saturated heterocycles. The molecule has 0 bridgehead atoms. The number of aliphatic hydroxyl groups excluding tert-OH is 1. The van der Waals surface area contributed by atoms with Crippen LogP contribution in [0.4, 0.5) is 0 Å². The van der Waals surface area contributed by atoms with Crippen molar-refractivity contribution in [2.45, 2.75) is 36.8 Å². The zero-order chi connectivity index (χ0) is 16.9. The van der Waals surface area contributed by atoms with Crippen LogP contribution in [0.5, 0.6) is 5.75 Å². The van der Waals surface area contributed by atoms with Crippen molar-refractivity contribution in [3.05, 3.63) is 35.9 Å². The number of hydrogen-bond acceptors (Lipinski definition) is 6. The first-order valence-corrected chi connectivity index (χ1v) is 9.52. The molecule has 0 aliphatic carbocycles. The van der Waals surface area contributed by atoms with Gasteiger partial charge in [-0.2, -0.15) is 5.10 Å². The van der Waals surface area contributed by atoms with Gasteiger partial charge in [-0.25, -0.2) is 4.98 Å². The maximum Gasteiger partial charge on any atom is 0.167 e. The van der Waals surface area contributed by atoms with Gasteiger partial charge < -0.3 is 9.84 Å². The number of hydrogen-bond donors (Lipinski definition) is 2. The van der Waals surface area contributed by atoms with E-state index in [0.717, 1.165) is 30.4 Å². The van der Waals surface area contributed by atoms with Crippen LogP contribution in [0.25, 0.3) is 0 Å². The van der Waals surface area contributed by atoms with E-state index in [0.29, 0.717) is 19.6 Å². The highest BCUT2D eigenvalue weighted by molar-refractivity contribution is 7.98. The molecule has 2 atom stereocenters. The molecule has 1 aromatic heterocycles. The standard InChI is InChI=1S/C17H24N4O2S/c1-3-16-18-17(20-19-16)15-10-12(22)11-21(15)8-9-23-13-4-6-14(24-2)7-5-13/h4-7,12,15,22H,3,8-11H2,1-2H3,(H,18,19,20)/t12-,15+/m1/s1. The Kier molecular flexibility index (Phi) is 5.76. The summed E-state index contributed by atoms with van der Waals surface area (Å²) in [6, 6.07) is 8.15. The van der Waals surface area contributed by atoms with E-state index in [1.54, 1.807) is 11.8 Å². The predicted molar refractivity (Wildman–Crippen MR) is 94.4 cm³/mol. The number of thioether (sulfide) groups is 1. The van der Waals surface area contributed by atoms with Crippen LogP contribution in [-0.4, -0.2) is 57.2 Å². The summed E-state index contributed by atoms with van der Waals surface area (Å²) in [4.78, 5) is 7.94. The third kappa shape index (κ3) is 4.09. The number of β-amino-alcohol motifs (C(OH)–C–C–N with tert-alkyl or cyclic N) is 1. The van der Waals surface area contributed by atoms with E-state index in [9.17, 15) is 5.11 Å². The highest BCUT2D eigenvalue weighted by Gasteiger charge is 2.34. The smallest absolute Gasteiger partial charge is 0.167 e. The van der Waals surface area contributed by atoms with Crippen molar-refractivity contribution in [2.24, 2.45) is 0 Å². The van der Waals surface area contributed by atoms with Gasteiger partial charge in [0.25, 0.3) is 0 Å². The van der Waals surface area contributed by atoms with Gasteiger partial charge in [0, 0.05) is 24.4 Å². The quantitative estimate of drug-likeness (QED) is 0.748. The second-order valence-corrected chi connectivity index (χ2v) is 6.80. The molecule has 7 heteroatoms. The van der Waals surface area contributed by atoms with Crippen molar-refractivity contribution < 1.29 is 9.84 Å². The van der Waals surface area contributed by atoms with Crippen LogP contribution in [0.1, 0.15) is 31.0 Å². The summed E-state index contributed by atoms with van der Waals surface area (Å²) >= 11 is 1.72. The molecule has 3 rings (SSSR count). The van der Waals surface area contributed by atoms with E-state index in [2.05, 4.69) is 38.5 Å². The van der Waals surface area contributed by atoms with Crippen molar-refractivity contribution in [2.75, 3.05) is 26.0 Å². The van der Waals surface area contributed by atoms with Crippen LogP contribution in [-0.2, 0) is 6.42 Å². The minimum Gasteiger partial charge on any atom is -0.492 e. The average Bonchev–Trinajstić information content (AvgIpc) is 3.21. The number of nitrogens with zero attached hydrogens (tertiary/aromatic N) is 3. The van der Waals surface area contributed by atoms with Gasteiger partial charge >= 0.3 is 0 Å². The minimum absolute atomic E-state index is 0.0546. The first-order valence-electron chi connectivity index (χ1n) is 8.29. The lowest BCUT2D eigenvalue weighted by molar-refractivity contribution is 0.161. The van der Waals surface area contributed by atoms with Gasteiger partial charge in [0.05, 0.1) is 12.1 Å². The third-order valence-corrected chi connectivity index (χ3v) is 5.01. The van der Waals surface area contributed by atoms with Crippen LogP contribution in [0.3, 0.4) is 0 Å². The van der Waals surface area contributed by atoms with Crippen LogP contribution in [0.2, 0.25) is 0 Å². The molecule has 0 spiro atoms. The lowest BCUT2D eigenvalue weighted by Gasteiger charge is -2.21. The fourth-order valence-corrected chi connectivity index (χ4v) is 3.37. The highest BCUT2D eigenvalue weighted by atomic mass is 32.2. The first kappa shape index (κ1) is 17.3. The summed E-state index contributed by atoms with van der Waals surface area (Å²) in [5, 5.41) is 17.3. The second-order valence-electron chi connectivity index (χ2n) is 5.92. The lowest BCUT2D eigenvalue weighted by atomic mass is 10.2. The number of likely N-dealkylation sites (tertiary alicyclic amines) is 1. The van der Waals surface area contributed by atoms with Gasteiger partial charge in [-0.1, -0.05) is 6.92 Å². The van der Waals surface area contributed by atoms with Crippen molar-refractivity contribution in [3.63, 3.8) is 0 Å². The number of aromatic amines is 1. The number of benzene rings is 1. The summed E-state index contributed by atoms with van der Waals surface area (Å²) < 4.78 is 5.83. The fourth-order valence-electron chi connectivity index (χ4n) is 2.97. The zero-order valence-electron chi connectivity index (χ0n) is 14.1. The van der Waals surface area contributed by atoms with Gasteiger partial charge in [0.15, 0.2) is 5.82 Å². The third-order valence-electron chi connectivity index (χ3n) is 4.27. The van der Waals surface area contributed by atoms with Crippen LogP contribution >= 0.6 is 11.8 Å². The average molecular weight is 348 g/mol. The minimum atomic E-state index is -0.334. The molecule has 1 aliphatic heterocycles. The van der Waals surface area contributed by atoms with E-state index in [1.165, 1.54) is 4.90 Å². The summed E-state index contributed by atoms with van der Waals surface area (Å²) in [6.45, 7) is 3.99. The largest absolute Gasteiger partial charge is 0.492 e. The highest BCUT2D eigenvalue weighted by Crippen LogP contribution is 2.29. The number of rotatable bonds is 7. The molecule has 1 fully saturated rings. The fraction of sp³-hybridized carbons (Fsp3) is 0.529. The van der Waals surface area contributed by atoms with Gasteiger partial charge in [-0.15, -0.1) is 11.8 Å². The Morgan fingerprint density at radius 3 is 2.83 bits per heavy atom. The molecule has 0 saturated carbocycles. The summed E-state index contributed by atoms with van der Waals surface area (Å²) in [7, 11) is 0. The van der Waals surface area contributed by atoms with Crippen molar-refractivity contribution in [1.82, 2.24) is 20.1 Å². The van der Waals surface area contributed by atoms with Crippen LogP contribution in [0.15, 0.2) is 29.2 Å². The summed E-state index contributed by atoms with van der Waals surface area (Å²) in [5.41, 5.74) is 0.